The van der Waals surface area contributed by atoms with E-state index in [4.69, 9.17) is 0 Å². The van der Waals surface area contributed by atoms with Crippen LogP contribution in [0.5, 0.6) is 0 Å². The van der Waals surface area contributed by atoms with Gasteiger partial charge in [0.15, 0.2) is 0 Å². The van der Waals surface area contributed by atoms with Crippen LogP contribution < -0.4 is 0 Å². The van der Waals surface area contributed by atoms with Crippen molar-refractivity contribution >= 4 is 5.91 Å². The molecule has 2 rings (SSSR count). The van der Waals surface area contributed by atoms with Crippen LogP contribution in [-0.4, -0.2) is 17.4 Å². The number of benzene rings is 1. The minimum atomic E-state index is 0.0573. The van der Waals surface area contributed by atoms with Crippen LogP contribution in [0.25, 0.3) is 0 Å². The molecule has 0 radical (unpaired) electrons. The number of nitrogens with zero attached hydrogens (tertiary/aromatic N) is 1. The van der Waals surface area contributed by atoms with E-state index in [-0.39, 0.29) is 11.8 Å². The lowest BCUT2D eigenvalue weighted by Crippen LogP contribution is -2.24. The topological polar surface area (TPSA) is 20.3 Å². The molecule has 1 fully saturated rings. The molecule has 0 bridgehead atoms. The van der Waals surface area contributed by atoms with Gasteiger partial charge in [-0.15, -0.1) is 0 Å². The van der Waals surface area contributed by atoms with Gasteiger partial charge in [-0.05, 0) is 12.5 Å². The van der Waals surface area contributed by atoms with E-state index in [1.54, 1.807) is 0 Å². The average Bonchev–Trinajstić information content (AvgIpc) is 2.59. The Morgan fingerprint density at radius 2 is 2.06 bits per heavy atom. The first-order valence-electron chi connectivity index (χ1n) is 5.77. The predicted molar refractivity (Wildman–Crippen MR) is 69.3 cm³/mol. The molecule has 1 unspecified atom stereocenters. The zero-order valence-corrected chi connectivity index (χ0v) is 10.1. The van der Waals surface area contributed by atoms with Gasteiger partial charge in [0.2, 0.25) is 5.91 Å². The van der Waals surface area contributed by atoms with Crippen LogP contribution in [-0.2, 0) is 11.3 Å². The molecule has 17 heavy (non-hydrogen) atoms. The summed E-state index contributed by atoms with van der Waals surface area (Å²) in [6.07, 6.45) is 0. The summed E-state index contributed by atoms with van der Waals surface area (Å²) in [4.78, 5) is 13.9. The minimum absolute atomic E-state index is 0.0573. The van der Waals surface area contributed by atoms with Gasteiger partial charge in [0, 0.05) is 24.6 Å². The minimum Gasteiger partial charge on any atom is -0.334 e. The Morgan fingerprint density at radius 1 is 1.41 bits per heavy atom. The van der Waals surface area contributed by atoms with Crippen LogP contribution in [0, 0.1) is 5.92 Å². The van der Waals surface area contributed by atoms with Crippen molar-refractivity contribution in [3.63, 3.8) is 0 Å². The predicted octanol–water partition coefficient (Wildman–Crippen LogP) is 2.78. The van der Waals surface area contributed by atoms with Gasteiger partial charge in [-0.1, -0.05) is 49.1 Å². The first-order chi connectivity index (χ1) is 8.09. The van der Waals surface area contributed by atoms with E-state index in [2.05, 4.69) is 13.2 Å². The largest absolute Gasteiger partial charge is 0.334 e. The van der Waals surface area contributed by atoms with Gasteiger partial charge in [0.05, 0.1) is 0 Å². The number of amides is 1. The normalized spacial score (nSPS) is 19.8. The Balaban J connectivity index is 2.12. The highest BCUT2D eigenvalue weighted by atomic mass is 16.2. The monoisotopic (exact) mass is 227 g/mol. The van der Waals surface area contributed by atoms with E-state index in [9.17, 15) is 4.79 Å². The molecule has 1 atom stereocenters. The van der Waals surface area contributed by atoms with Crippen molar-refractivity contribution in [3.05, 3.63) is 60.2 Å². The highest BCUT2D eigenvalue weighted by Gasteiger charge is 2.33. The molecule has 1 aromatic rings. The first-order valence-corrected chi connectivity index (χ1v) is 5.77. The van der Waals surface area contributed by atoms with Crippen molar-refractivity contribution in [2.24, 2.45) is 5.92 Å². The number of carbonyl (C=O) groups is 1. The van der Waals surface area contributed by atoms with E-state index in [0.29, 0.717) is 18.7 Å². The molecule has 0 aliphatic carbocycles. The third-order valence-electron chi connectivity index (χ3n) is 3.20. The Morgan fingerprint density at radius 3 is 2.59 bits per heavy atom. The lowest BCUT2D eigenvalue weighted by atomic mass is 9.97. The van der Waals surface area contributed by atoms with Gasteiger partial charge in [0.25, 0.3) is 0 Å². The molecule has 1 heterocycles. The summed E-state index contributed by atoms with van der Waals surface area (Å²) in [7, 11) is 0. The molecule has 0 aromatic heterocycles. The molecule has 1 aliphatic heterocycles. The quantitative estimate of drug-likeness (QED) is 0.574. The van der Waals surface area contributed by atoms with Gasteiger partial charge < -0.3 is 4.90 Å². The number of carbonyl (C=O) groups excluding carboxylic acids is 1. The zero-order valence-electron chi connectivity index (χ0n) is 10.1. The summed E-state index contributed by atoms with van der Waals surface area (Å²) in [6, 6.07) is 10.0. The van der Waals surface area contributed by atoms with Crippen LogP contribution in [0.4, 0.5) is 0 Å². The standard InChI is InChI=1S/C15H17NO/c1-11(2)14-10-16(15(17)12(14)3)9-13-7-5-4-6-8-13/h4-8,14H,1,3,9-10H2,2H3. The van der Waals surface area contributed by atoms with Crippen LogP contribution in [0.2, 0.25) is 0 Å². The van der Waals surface area contributed by atoms with Crippen LogP contribution >= 0.6 is 0 Å². The Hall–Kier alpha value is -1.83. The number of likely N-dealkylation sites (tertiary alicyclic amines) is 1. The summed E-state index contributed by atoms with van der Waals surface area (Å²) in [5, 5.41) is 0. The molecular weight excluding hydrogens is 210 g/mol. The molecule has 0 spiro atoms. The maximum atomic E-state index is 12.0. The highest BCUT2D eigenvalue weighted by Crippen LogP contribution is 2.28. The van der Waals surface area contributed by atoms with Gasteiger partial charge in [0.1, 0.15) is 0 Å². The SMILES string of the molecule is C=C(C)C1CN(Cc2ccccc2)C(=O)C1=C. The summed E-state index contributed by atoms with van der Waals surface area (Å²) in [5.74, 6) is 0.174. The summed E-state index contributed by atoms with van der Waals surface area (Å²) in [6.45, 7) is 11.1. The van der Waals surface area contributed by atoms with Crippen LogP contribution in [0.15, 0.2) is 54.6 Å². The van der Waals surface area contributed by atoms with Gasteiger partial charge in [-0.3, -0.25) is 4.79 Å². The van der Waals surface area contributed by atoms with Crippen LogP contribution in [0.1, 0.15) is 12.5 Å². The second-order valence-electron chi connectivity index (χ2n) is 4.60. The molecule has 2 heteroatoms. The summed E-state index contributed by atoms with van der Waals surface area (Å²) >= 11 is 0. The number of hydrogen-bond acceptors (Lipinski definition) is 1. The zero-order chi connectivity index (χ0) is 12.4. The lowest BCUT2D eigenvalue weighted by molar-refractivity contribution is -0.125. The van der Waals surface area contributed by atoms with Crippen molar-refractivity contribution < 1.29 is 4.79 Å². The first kappa shape index (κ1) is 11.6. The van der Waals surface area contributed by atoms with Crippen molar-refractivity contribution in [1.29, 1.82) is 0 Å². The molecule has 88 valence electrons. The number of rotatable bonds is 3. The fourth-order valence-electron chi connectivity index (χ4n) is 2.16. The molecule has 1 aromatic carbocycles. The third-order valence-corrected chi connectivity index (χ3v) is 3.20. The van der Waals surface area contributed by atoms with E-state index in [1.807, 2.05) is 42.2 Å². The van der Waals surface area contributed by atoms with Crippen molar-refractivity contribution in [1.82, 2.24) is 4.90 Å². The van der Waals surface area contributed by atoms with Crippen LogP contribution in [0.3, 0.4) is 0 Å². The summed E-state index contributed by atoms with van der Waals surface area (Å²) < 4.78 is 0. The average molecular weight is 227 g/mol. The fraction of sp³-hybridized carbons (Fsp3) is 0.267. The van der Waals surface area contributed by atoms with Crippen molar-refractivity contribution in [2.45, 2.75) is 13.5 Å². The van der Waals surface area contributed by atoms with Gasteiger partial charge in [-0.2, -0.15) is 0 Å². The lowest BCUT2D eigenvalue weighted by Gasteiger charge is -2.16. The van der Waals surface area contributed by atoms with E-state index in [1.165, 1.54) is 0 Å². The molecule has 0 saturated carbocycles. The van der Waals surface area contributed by atoms with E-state index < -0.39 is 0 Å². The summed E-state index contributed by atoms with van der Waals surface area (Å²) in [5.41, 5.74) is 2.84. The Kier molecular flexibility index (Phi) is 3.14. The Labute approximate surface area is 102 Å². The van der Waals surface area contributed by atoms with E-state index in [0.717, 1.165) is 11.1 Å². The van der Waals surface area contributed by atoms with Crippen molar-refractivity contribution in [3.8, 4) is 0 Å². The number of hydrogen-bond donors (Lipinski definition) is 0. The van der Waals surface area contributed by atoms with Gasteiger partial charge >= 0.3 is 0 Å². The molecule has 1 saturated heterocycles. The smallest absolute Gasteiger partial charge is 0.250 e. The molecule has 0 N–H and O–H groups in total. The second-order valence-corrected chi connectivity index (χ2v) is 4.60. The third kappa shape index (κ3) is 2.31. The fourth-order valence-corrected chi connectivity index (χ4v) is 2.16. The maximum absolute atomic E-state index is 12.0. The highest BCUT2D eigenvalue weighted by molar-refractivity contribution is 5.96. The molecular formula is C15H17NO. The maximum Gasteiger partial charge on any atom is 0.250 e. The molecule has 1 aliphatic rings. The van der Waals surface area contributed by atoms with Crippen molar-refractivity contribution in [2.75, 3.05) is 6.54 Å². The Bertz CT molecular complexity index is 461. The molecule has 1 amide bonds. The second kappa shape index (κ2) is 4.58. The molecule has 2 nitrogen and oxygen atoms in total. The van der Waals surface area contributed by atoms with Gasteiger partial charge in [-0.25, -0.2) is 0 Å². The van der Waals surface area contributed by atoms with E-state index >= 15 is 0 Å².